The van der Waals surface area contributed by atoms with E-state index in [9.17, 15) is 0 Å². The first kappa shape index (κ1) is 16.3. The summed E-state index contributed by atoms with van der Waals surface area (Å²) in [6.45, 7) is 4.90. The molecule has 2 saturated heterocycles. The zero-order valence-electron chi connectivity index (χ0n) is 13.5. The van der Waals surface area contributed by atoms with Crippen LogP contribution in [0.4, 0.5) is 0 Å². The molecule has 0 radical (unpaired) electrons. The minimum absolute atomic E-state index is 0.0558. The number of rotatable bonds is 8. The first-order valence-electron chi connectivity index (χ1n) is 8.68. The molecular formula is C17H33NO2. The number of ether oxygens (including phenoxy) is 2. The van der Waals surface area contributed by atoms with Crippen LogP contribution in [0.15, 0.2) is 0 Å². The maximum atomic E-state index is 6.06. The van der Waals surface area contributed by atoms with Gasteiger partial charge in [-0.05, 0) is 32.2 Å². The Labute approximate surface area is 124 Å². The zero-order chi connectivity index (χ0) is 14.3. The smallest absolute Gasteiger partial charge is 0.0939 e. The molecule has 0 amide bonds. The summed E-state index contributed by atoms with van der Waals surface area (Å²) >= 11 is 0. The van der Waals surface area contributed by atoms with Gasteiger partial charge >= 0.3 is 0 Å². The van der Waals surface area contributed by atoms with Gasteiger partial charge < -0.3 is 14.8 Å². The normalized spacial score (nSPS) is 31.8. The molecule has 0 saturated carbocycles. The highest BCUT2D eigenvalue weighted by Gasteiger charge is 2.42. The Kier molecular flexibility index (Phi) is 6.79. The predicted octanol–water partition coefficient (Wildman–Crippen LogP) is 3.52. The van der Waals surface area contributed by atoms with E-state index in [0.717, 1.165) is 32.2 Å². The molecule has 2 aliphatic rings. The van der Waals surface area contributed by atoms with Gasteiger partial charge in [0.25, 0.3) is 0 Å². The van der Waals surface area contributed by atoms with E-state index in [0.29, 0.717) is 6.04 Å². The molecule has 2 fully saturated rings. The van der Waals surface area contributed by atoms with Crippen LogP contribution in [-0.2, 0) is 9.47 Å². The van der Waals surface area contributed by atoms with Crippen LogP contribution in [0.1, 0.15) is 64.7 Å². The van der Waals surface area contributed by atoms with E-state index in [1.165, 1.54) is 51.4 Å². The summed E-state index contributed by atoms with van der Waals surface area (Å²) in [5, 5.41) is 3.57. The van der Waals surface area contributed by atoms with Crippen LogP contribution in [0.25, 0.3) is 0 Å². The summed E-state index contributed by atoms with van der Waals surface area (Å²) in [5.74, 6) is 0.765. The SMILES string of the molecule is CCCCCCCC(NC)C1CCOC2(CCOC2)C1. The van der Waals surface area contributed by atoms with Gasteiger partial charge in [0.2, 0.25) is 0 Å². The maximum absolute atomic E-state index is 6.06. The molecule has 2 rings (SSSR count). The molecule has 0 aliphatic carbocycles. The number of hydrogen-bond acceptors (Lipinski definition) is 3. The van der Waals surface area contributed by atoms with Crippen molar-refractivity contribution < 1.29 is 9.47 Å². The fourth-order valence-electron chi connectivity index (χ4n) is 3.86. The molecule has 1 N–H and O–H groups in total. The van der Waals surface area contributed by atoms with Crippen LogP contribution >= 0.6 is 0 Å². The standard InChI is InChI=1S/C17H33NO2/c1-3-4-5-6-7-8-16(18-2)15-9-11-20-17(13-15)10-12-19-14-17/h15-16,18H,3-14H2,1-2H3. The monoisotopic (exact) mass is 283 g/mol. The van der Waals surface area contributed by atoms with Gasteiger partial charge in [0, 0.05) is 25.7 Å². The van der Waals surface area contributed by atoms with E-state index in [4.69, 9.17) is 9.47 Å². The van der Waals surface area contributed by atoms with Gasteiger partial charge in [-0.1, -0.05) is 39.0 Å². The second-order valence-electron chi connectivity index (χ2n) is 6.68. The Morgan fingerprint density at radius 3 is 2.75 bits per heavy atom. The molecule has 3 heteroatoms. The van der Waals surface area contributed by atoms with Gasteiger partial charge in [-0.15, -0.1) is 0 Å². The molecule has 0 aromatic heterocycles. The lowest BCUT2D eigenvalue weighted by molar-refractivity contribution is -0.103. The van der Waals surface area contributed by atoms with E-state index in [-0.39, 0.29) is 5.60 Å². The van der Waals surface area contributed by atoms with Crippen molar-refractivity contribution in [3.63, 3.8) is 0 Å². The van der Waals surface area contributed by atoms with Gasteiger partial charge in [-0.25, -0.2) is 0 Å². The second-order valence-corrected chi connectivity index (χ2v) is 6.68. The van der Waals surface area contributed by atoms with Crippen molar-refractivity contribution in [1.82, 2.24) is 5.32 Å². The van der Waals surface area contributed by atoms with Crippen LogP contribution in [-0.4, -0.2) is 38.5 Å². The van der Waals surface area contributed by atoms with E-state index in [1.807, 2.05) is 0 Å². The zero-order valence-corrected chi connectivity index (χ0v) is 13.5. The summed E-state index contributed by atoms with van der Waals surface area (Å²) in [5.41, 5.74) is 0.0558. The molecule has 0 aromatic carbocycles. The fourth-order valence-corrected chi connectivity index (χ4v) is 3.86. The molecule has 2 aliphatic heterocycles. The minimum atomic E-state index is 0.0558. The van der Waals surface area contributed by atoms with E-state index >= 15 is 0 Å². The number of unbranched alkanes of at least 4 members (excludes halogenated alkanes) is 4. The summed E-state index contributed by atoms with van der Waals surface area (Å²) in [6.07, 6.45) is 11.7. The van der Waals surface area contributed by atoms with Crippen LogP contribution in [0.2, 0.25) is 0 Å². The molecular weight excluding hydrogens is 250 g/mol. The summed E-state index contributed by atoms with van der Waals surface area (Å²) in [6, 6.07) is 0.665. The summed E-state index contributed by atoms with van der Waals surface area (Å²) in [7, 11) is 2.13. The van der Waals surface area contributed by atoms with Gasteiger partial charge in [0.05, 0.1) is 12.2 Å². The lowest BCUT2D eigenvalue weighted by atomic mass is 9.79. The topological polar surface area (TPSA) is 30.5 Å². The van der Waals surface area contributed by atoms with Gasteiger partial charge in [0.1, 0.15) is 0 Å². The van der Waals surface area contributed by atoms with Gasteiger partial charge in [-0.2, -0.15) is 0 Å². The van der Waals surface area contributed by atoms with E-state index in [1.54, 1.807) is 0 Å². The third-order valence-corrected chi connectivity index (χ3v) is 5.16. The average molecular weight is 283 g/mol. The molecule has 3 unspecified atom stereocenters. The molecule has 0 aromatic rings. The van der Waals surface area contributed by atoms with Crippen molar-refractivity contribution in [2.75, 3.05) is 26.9 Å². The summed E-state index contributed by atoms with van der Waals surface area (Å²) in [4.78, 5) is 0. The van der Waals surface area contributed by atoms with Crippen LogP contribution in [0.5, 0.6) is 0 Å². The van der Waals surface area contributed by atoms with Crippen molar-refractivity contribution in [3.8, 4) is 0 Å². The molecule has 118 valence electrons. The molecule has 0 bridgehead atoms. The first-order chi connectivity index (χ1) is 9.79. The van der Waals surface area contributed by atoms with Gasteiger partial charge in [0.15, 0.2) is 0 Å². The average Bonchev–Trinajstić information content (AvgIpc) is 2.91. The van der Waals surface area contributed by atoms with Crippen molar-refractivity contribution in [2.24, 2.45) is 5.92 Å². The Hall–Kier alpha value is -0.120. The Morgan fingerprint density at radius 1 is 1.20 bits per heavy atom. The van der Waals surface area contributed by atoms with Crippen LogP contribution in [0, 0.1) is 5.92 Å². The van der Waals surface area contributed by atoms with Crippen LogP contribution in [0.3, 0.4) is 0 Å². The Balaban J connectivity index is 1.75. The second kappa shape index (κ2) is 8.35. The van der Waals surface area contributed by atoms with Crippen molar-refractivity contribution in [3.05, 3.63) is 0 Å². The predicted molar refractivity (Wildman–Crippen MR) is 83.1 cm³/mol. The molecule has 1 spiro atoms. The highest BCUT2D eigenvalue weighted by atomic mass is 16.6. The molecule has 3 nitrogen and oxygen atoms in total. The lowest BCUT2D eigenvalue weighted by Gasteiger charge is -2.40. The quantitative estimate of drug-likeness (QED) is 0.691. The molecule has 2 heterocycles. The van der Waals surface area contributed by atoms with Crippen molar-refractivity contribution in [2.45, 2.75) is 76.4 Å². The first-order valence-corrected chi connectivity index (χ1v) is 8.68. The Morgan fingerprint density at radius 2 is 2.05 bits per heavy atom. The maximum Gasteiger partial charge on any atom is 0.0939 e. The Bertz CT molecular complexity index is 264. The highest BCUT2D eigenvalue weighted by Crippen LogP contribution is 2.37. The molecule has 3 atom stereocenters. The minimum Gasteiger partial charge on any atom is -0.378 e. The summed E-state index contributed by atoms with van der Waals surface area (Å²) < 4.78 is 11.6. The van der Waals surface area contributed by atoms with Crippen LogP contribution < -0.4 is 5.32 Å². The van der Waals surface area contributed by atoms with E-state index in [2.05, 4.69) is 19.3 Å². The number of hydrogen-bond donors (Lipinski definition) is 1. The van der Waals surface area contributed by atoms with E-state index < -0.39 is 0 Å². The van der Waals surface area contributed by atoms with Crippen molar-refractivity contribution in [1.29, 1.82) is 0 Å². The fraction of sp³-hybridized carbons (Fsp3) is 1.00. The molecule has 20 heavy (non-hydrogen) atoms. The van der Waals surface area contributed by atoms with Crippen molar-refractivity contribution >= 4 is 0 Å². The number of nitrogens with one attached hydrogen (secondary N) is 1. The third kappa shape index (κ3) is 4.44. The lowest BCUT2D eigenvalue weighted by Crippen LogP contribution is -2.46. The van der Waals surface area contributed by atoms with Gasteiger partial charge in [-0.3, -0.25) is 0 Å². The largest absolute Gasteiger partial charge is 0.378 e. The third-order valence-electron chi connectivity index (χ3n) is 5.16. The highest BCUT2D eigenvalue weighted by molar-refractivity contribution is 4.93.